The van der Waals surface area contributed by atoms with Gasteiger partial charge in [-0.15, -0.1) is 0 Å². The Bertz CT molecular complexity index is 517. The molecule has 0 fully saturated rings. The number of esters is 1. The predicted molar refractivity (Wildman–Crippen MR) is 73.2 cm³/mol. The lowest BCUT2D eigenvalue weighted by Crippen LogP contribution is -2.19. The largest absolute Gasteiger partial charge is 0.468 e. The molecule has 1 aliphatic rings. The van der Waals surface area contributed by atoms with Crippen LogP contribution in [0.4, 0.5) is 0 Å². The number of methoxy groups -OCH3 is 1. The molecular formula is C15H15ClO3. The van der Waals surface area contributed by atoms with E-state index >= 15 is 0 Å². The molecule has 0 bridgehead atoms. The summed E-state index contributed by atoms with van der Waals surface area (Å²) >= 11 is 5.86. The molecule has 0 radical (unpaired) electrons. The van der Waals surface area contributed by atoms with E-state index < -0.39 is 5.92 Å². The third-order valence-electron chi connectivity index (χ3n) is 3.30. The van der Waals surface area contributed by atoms with Crippen LogP contribution in [-0.2, 0) is 14.3 Å². The van der Waals surface area contributed by atoms with Crippen molar-refractivity contribution in [3.8, 4) is 0 Å². The monoisotopic (exact) mass is 278 g/mol. The molecule has 100 valence electrons. The molecule has 1 aliphatic carbocycles. The van der Waals surface area contributed by atoms with Gasteiger partial charge in [-0.25, -0.2) is 0 Å². The lowest BCUT2D eigenvalue weighted by atomic mass is 9.84. The van der Waals surface area contributed by atoms with Gasteiger partial charge in [-0.3, -0.25) is 9.59 Å². The van der Waals surface area contributed by atoms with Crippen LogP contribution in [0.25, 0.3) is 0 Å². The number of ketones is 1. The molecular weight excluding hydrogens is 264 g/mol. The van der Waals surface area contributed by atoms with E-state index in [1.807, 2.05) is 18.2 Å². The zero-order valence-electron chi connectivity index (χ0n) is 10.7. The Labute approximate surface area is 117 Å². The van der Waals surface area contributed by atoms with Crippen molar-refractivity contribution in [1.29, 1.82) is 0 Å². The summed E-state index contributed by atoms with van der Waals surface area (Å²) in [6, 6.07) is 7.14. The Morgan fingerprint density at radius 3 is 2.47 bits per heavy atom. The van der Waals surface area contributed by atoms with Gasteiger partial charge in [0, 0.05) is 17.9 Å². The SMILES string of the molecule is COC(=O)C(C1=CCC(=O)CC1)c1ccc(Cl)cc1. The van der Waals surface area contributed by atoms with Crippen molar-refractivity contribution < 1.29 is 14.3 Å². The smallest absolute Gasteiger partial charge is 0.317 e. The highest BCUT2D eigenvalue weighted by Gasteiger charge is 2.27. The van der Waals surface area contributed by atoms with Crippen molar-refractivity contribution in [2.24, 2.45) is 0 Å². The van der Waals surface area contributed by atoms with Crippen LogP contribution >= 0.6 is 11.6 Å². The normalized spacial score (nSPS) is 16.7. The number of hydrogen-bond donors (Lipinski definition) is 0. The minimum Gasteiger partial charge on any atom is -0.468 e. The number of rotatable bonds is 3. The average Bonchev–Trinajstić information content (AvgIpc) is 2.43. The van der Waals surface area contributed by atoms with Crippen molar-refractivity contribution in [3.05, 3.63) is 46.5 Å². The summed E-state index contributed by atoms with van der Waals surface area (Å²) in [6.45, 7) is 0. The first kappa shape index (κ1) is 13.8. The van der Waals surface area contributed by atoms with Gasteiger partial charge in [0.2, 0.25) is 0 Å². The van der Waals surface area contributed by atoms with Gasteiger partial charge in [-0.2, -0.15) is 0 Å². The van der Waals surface area contributed by atoms with Gasteiger partial charge in [0.15, 0.2) is 0 Å². The summed E-state index contributed by atoms with van der Waals surface area (Å²) in [5, 5.41) is 0.625. The molecule has 1 atom stereocenters. The Morgan fingerprint density at radius 2 is 1.95 bits per heavy atom. The molecule has 0 N–H and O–H groups in total. The quantitative estimate of drug-likeness (QED) is 0.629. The van der Waals surface area contributed by atoms with E-state index in [-0.39, 0.29) is 11.8 Å². The van der Waals surface area contributed by atoms with E-state index in [1.54, 1.807) is 12.1 Å². The van der Waals surface area contributed by atoms with Crippen LogP contribution < -0.4 is 0 Å². The van der Waals surface area contributed by atoms with Crippen LogP contribution in [0.2, 0.25) is 5.02 Å². The van der Waals surface area contributed by atoms with Crippen LogP contribution in [-0.4, -0.2) is 18.9 Å². The molecule has 0 spiro atoms. The molecule has 4 heteroatoms. The Morgan fingerprint density at radius 1 is 1.26 bits per heavy atom. The van der Waals surface area contributed by atoms with E-state index in [1.165, 1.54) is 7.11 Å². The Kier molecular flexibility index (Phi) is 4.38. The minimum atomic E-state index is -0.435. The Hall–Kier alpha value is -1.61. The van der Waals surface area contributed by atoms with Crippen LogP contribution in [0.1, 0.15) is 30.7 Å². The second kappa shape index (κ2) is 6.02. The first-order chi connectivity index (χ1) is 9.11. The maximum atomic E-state index is 12.0. The van der Waals surface area contributed by atoms with Crippen molar-refractivity contribution in [1.82, 2.24) is 0 Å². The molecule has 0 heterocycles. The zero-order valence-corrected chi connectivity index (χ0v) is 11.4. The predicted octanol–water partition coefficient (Wildman–Crippen LogP) is 3.28. The molecule has 0 aliphatic heterocycles. The molecule has 1 unspecified atom stereocenters. The molecule has 1 aromatic carbocycles. The van der Waals surface area contributed by atoms with Crippen molar-refractivity contribution in [2.45, 2.75) is 25.2 Å². The van der Waals surface area contributed by atoms with E-state index in [9.17, 15) is 9.59 Å². The number of carbonyl (C=O) groups is 2. The van der Waals surface area contributed by atoms with Gasteiger partial charge in [0.05, 0.1) is 7.11 Å². The summed E-state index contributed by atoms with van der Waals surface area (Å²) in [6.07, 6.45) is 3.35. The first-order valence-corrected chi connectivity index (χ1v) is 6.53. The molecule has 0 aromatic heterocycles. The fourth-order valence-electron chi connectivity index (χ4n) is 2.27. The van der Waals surface area contributed by atoms with Crippen molar-refractivity contribution >= 4 is 23.4 Å². The molecule has 3 nitrogen and oxygen atoms in total. The van der Waals surface area contributed by atoms with Gasteiger partial charge in [0.1, 0.15) is 11.7 Å². The van der Waals surface area contributed by atoms with E-state index in [0.29, 0.717) is 24.3 Å². The molecule has 19 heavy (non-hydrogen) atoms. The second-order valence-corrected chi connectivity index (χ2v) is 4.97. The topological polar surface area (TPSA) is 43.4 Å². The number of halogens is 1. The van der Waals surface area contributed by atoms with E-state index in [0.717, 1.165) is 11.1 Å². The summed E-state index contributed by atoms with van der Waals surface area (Å²) in [4.78, 5) is 23.3. The molecule has 0 saturated carbocycles. The zero-order chi connectivity index (χ0) is 13.8. The average molecular weight is 279 g/mol. The highest BCUT2D eigenvalue weighted by molar-refractivity contribution is 6.30. The number of ether oxygens (including phenoxy) is 1. The number of allylic oxidation sites excluding steroid dienone is 1. The lowest BCUT2D eigenvalue weighted by molar-refractivity contribution is -0.141. The van der Waals surface area contributed by atoms with E-state index in [2.05, 4.69) is 0 Å². The van der Waals surface area contributed by atoms with Crippen LogP contribution in [0.3, 0.4) is 0 Å². The first-order valence-electron chi connectivity index (χ1n) is 6.15. The maximum Gasteiger partial charge on any atom is 0.317 e. The van der Waals surface area contributed by atoms with Gasteiger partial charge in [0.25, 0.3) is 0 Å². The third kappa shape index (κ3) is 3.24. The summed E-state index contributed by atoms with van der Waals surface area (Å²) in [5.41, 5.74) is 1.80. The van der Waals surface area contributed by atoms with Gasteiger partial charge in [-0.05, 0) is 24.1 Å². The van der Waals surface area contributed by atoms with Crippen molar-refractivity contribution in [2.75, 3.05) is 7.11 Å². The molecule has 0 amide bonds. The second-order valence-electron chi connectivity index (χ2n) is 4.53. The number of Topliss-reactive ketones (excluding diaryl/α,β-unsaturated/α-hetero) is 1. The third-order valence-corrected chi connectivity index (χ3v) is 3.55. The standard InChI is InChI=1S/C15H15ClO3/c1-19-15(18)14(10-2-6-12(16)7-3-10)11-4-8-13(17)9-5-11/h2-4,6-7,14H,5,8-9H2,1H3. The molecule has 0 saturated heterocycles. The van der Waals surface area contributed by atoms with Crippen LogP contribution in [0, 0.1) is 0 Å². The fraction of sp³-hybridized carbons (Fsp3) is 0.333. The van der Waals surface area contributed by atoms with Crippen LogP contribution in [0.15, 0.2) is 35.9 Å². The van der Waals surface area contributed by atoms with Crippen LogP contribution in [0.5, 0.6) is 0 Å². The summed E-state index contributed by atoms with van der Waals surface area (Å²) in [5.74, 6) is -0.526. The summed E-state index contributed by atoms with van der Waals surface area (Å²) < 4.78 is 4.88. The van der Waals surface area contributed by atoms with Gasteiger partial charge >= 0.3 is 5.97 Å². The van der Waals surface area contributed by atoms with E-state index in [4.69, 9.17) is 16.3 Å². The summed E-state index contributed by atoms with van der Waals surface area (Å²) in [7, 11) is 1.37. The lowest BCUT2D eigenvalue weighted by Gasteiger charge is -2.21. The highest BCUT2D eigenvalue weighted by atomic mass is 35.5. The number of hydrogen-bond acceptors (Lipinski definition) is 3. The van der Waals surface area contributed by atoms with Crippen molar-refractivity contribution in [3.63, 3.8) is 0 Å². The fourth-order valence-corrected chi connectivity index (χ4v) is 2.40. The minimum absolute atomic E-state index is 0.212. The maximum absolute atomic E-state index is 12.0. The highest BCUT2D eigenvalue weighted by Crippen LogP contribution is 2.32. The Balaban J connectivity index is 2.33. The molecule has 2 rings (SSSR count). The number of benzene rings is 1. The molecule has 1 aromatic rings. The van der Waals surface area contributed by atoms with Gasteiger partial charge in [-0.1, -0.05) is 35.4 Å². The van der Waals surface area contributed by atoms with Gasteiger partial charge < -0.3 is 4.74 Å². The number of carbonyl (C=O) groups excluding carboxylic acids is 2.